The number of aromatic nitrogens is 2. The van der Waals surface area contributed by atoms with Gasteiger partial charge >= 0.3 is 0 Å². The summed E-state index contributed by atoms with van der Waals surface area (Å²) in [6.45, 7) is 3.78. The minimum atomic E-state index is -0.307. The molecule has 0 aliphatic rings. The highest BCUT2D eigenvalue weighted by atomic mass is 16.1. The molecule has 2 N–H and O–H groups in total. The quantitative estimate of drug-likeness (QED) is 0.717. The first-order valence-electron chi connectivity index (χ1n) is 3.95. The minimum absolute atomic E-state index is 0.257. The second kappa shape index (κ2) is 3.38. The van der Waals surface area contributed by atoms with Crippen LogP contribution in [0.3, 0.4) is 0 Å². The summed E-state index contributed by atoms with van der Waals surface area (Å²) in [4.78, 5) is 15.0. The summed E-state index contributed by atoms with van der Waals surface area (Å²) in [5.41, 5.74) is 5.22. The zero-order chi connectivity index (χ0) is 9.14. The van der Waals surface area contributed by atoms with E-state index in [4.69, 9.17) is 5.73 Å². The number of aryl methyl sites for hydroxylation is 1. The van der Waals surface area contributed by atoms with Crippen LogP contribution >= 0.6 is 0 Å². The zero-order valence-corrected chi connectivity index (χ0v) is 7.32. The Kier molecular flexibility index (Phi) is 2.47. The van der Waals surface area contributed by atoms with Crippen LogP contribution in [-0.4, -0.2) is 15.5 Å². The first-order valence-corrected chi connectivity index (χ1v) is 3.95. The van der Waals surface area contributed by atoms with Gasteiger partial charge in [0.25, 0.3) is 0 Å². The van der Waals surface area contributed by atoms with Crippen LogP contribution in [0.5, 0.6) is 0 Å². The van der Waals surface area contributed by atoms with Gasteiger partial charge in [0, 0.05) is 12.4 Å². The van der Waals surface area contributed by atoms with Gasteiger partial charge in [0.15, 0.2) is 0 Å². The van der Waals surface area contributed by atoms with Gasteiger partial charge < -0.3 is 10.3 Å². The second-order valence-corrected chi connectivity index (χ2v) is 2.71. The van der Waals surface area contributed by atoms with Crippen molar-refractivity contribution in [1.82, 2.24) is 9.55 Å². The Morgan fingerprint density at radius 1 is 1.83 bits per heavy atom. The van der Waals surface area contributed by atoms with Crippen LogP contribution < -0.4 is 5.73 Å². The number of hydrogen-bond acceptors (Lipinski definition) is 2. The Labute approximate surface area is 71.4 Å². The highest BCUT2D eigenvalue weighted by Crippen LogP contribution is 2.11. The summed E-state index contributed by atoms with van der Waals surface area (Å²) >= 11 is 0. The molecule has 0 aliphatic heterocycles. The van der Waals surface area contributed by atoms with Crippen LogP contribution in [0.2, 0.25) is 0 Å². The highest BCUT2D eigenvalue weighted by Gasteiger charge is 2.15. The van der Waals surface area contributed by atoms with Crippen molar-refractivity contribution in [3.63, 3.8) is 0 Å². The van der Waals surface area contributed by atoms with Gasteiger partial charge in [0.2, 0.25) is 5.91 Å². The number of nitrogens with two attached hydrogens (primary N) is 1. The summed E-state index contributed by atoms with van der Waals surface area (Å²) in [5.74, 6) is 0.513. The standard InChI is InChI=1S/C8H13N3O/c1-3-7(8(9)12)11-5-4-10-6(11)2/h4-5,7H,3H2,1-2H3,(H2,9,12). The summed E-state index contributed by atoms with van der Waals surface area (Å²) in [7, 11) is 0. The maximum atomic E-state index is 11.0. The molecule has 0 fully saturated rings. The predicted octanol–water partition coefficient (Wildman–Crippen LogP) is 0.628. The van der Waals surface area contributed by atoms with Gasteiger partial charge in [-0.2, -0.15) is 0 Å². The van der Waals surface area contributed by atoms with Gasteiger partial charge in [-0.15, -0.1) is 0 Å². The van der Waals surface area contributed by atoms with Crippen LogP contribution in [0, 0.1) is 6.92 Å². The second-order valence-electron chi connectivity index (χ2n) is 2.71. The fourth-order valence-electron chi connectivity index (χ4n) is 1.25. The predicted molar refractivity (Wildman–Crippen MR) is 45.5 cm³/mol. The summed E-state index contributed by atoms with van der Waals surface area (Å²) in [6, 6.07) is -0.257. The molecule has 0 radical (unpaired) electrons. The van der Waals surface area contributed by atoms with E-state index < -0.39 is 0 Å². The number of hydrogen-bond donors (Lipinski definition) is 1. The normalized spacial score (nSPS) is 12.8. The number of imidazole rings is 1. The van der Waals surface area contributed by atoms with Crippen molar-refractivity contribution in [2.24, 2.45) is 5.73 Å². The van der Waals surface area contributed by atoms with Crippen LogP contribution in [0.15, 0.2) is 12.4 Å². The van der Waals surface area contributed by atoms with Crippen LogP contribution in [-0.2, 0) is 4.79 Å². The Hall–Kier alpha value is -1.32. The number of carbonyl (C=O) groups is 1. The number of rotatable bonds is 3. The first-order chi connectivity index (χ1) is 5.66. The molecular weight excluding hydrogens is 154 g/mol. The topological polar surface area (TPSA) is 60.9 Å². The lowest BCUT2D eigenvalue weighted by molar-refractivity contribution is -0.121. The molecule has 1 heterocycles. The lowest BCUT2D eigenvalue weighted by Gasteiger charge is -2.13. The van der Waals surface area contributed by atoms with Crippen molar-refractivity contribution in [3.05, 3.63) is 18.2 Å². The van der Waals surface area contributed by atoms with Gasteiger partial charge in [-0.3, -0.25) is 4.79 Å². The largest absolute Gasteiger partial charge is 0.368 e. The maximum Gasteiger partial charge on any atom is 0.240 e. The van der Waals surface area contributed by atoms with Crippen molar-refractivity contribution in [3.8, 4) is 0 Å². The fraction of sp³-hybridized carbons (Fsp3) is 0.500. The van der Waals surface area contributed by atoms with Gasteiger partial charge in [-0.05, 0) is 13.3 Å². The van der Waals surface area contributed by atoms with Crippen molar-refractivity contribution in [2.45, 2.75) is 26.3 Å². The van der Waals surface area contributed by atoms with Gasteiger partial charge in [0.05, 0.1) is 0 Å². The van der Waals surface area contributed by atoms with E-state index in [1.807, 2.05) is 13.8 Å². The van der Waals surface area contributed by atoms with E-state index in [0.717, 1.165) is 5.82 Å². The lowest BCUT2D eigenvalue weighted by atomic mass is 10.2. The molecule has 1 aromatic rings. The van der Waals surface area contributed by atoms with E-state index in [1.165, 1.54) is 0 Å². The van der Waals surface area contributed by atoms with Crippen LogP contribution in [0.1, 0.15) is 25.2 Å². The van der Waals surface area contributed by atoms with E-state index >= 15 is 0 Å². The molecule has 1 aromatic heterocycles. The third kappa shape index (κ3) is 1.47. The number of carbonyl (C=O) groups excluding carboxylic acids is 1. The van der Waals surface area contributed by atoms with Gasteiger partial charge in [-0.25, -0.2) is 4.98 Å². The smallest absolute Gasteiger partial charge is 0.240 e. The van der Waals surface area contributed by atoms with Gasteiger partial charge in [0.1, 0.15) is 11.9 Å². The van der Waals surface area contributed by atoms with Crippen LogP contribution in [0.4, 0.5) is 0 Å². The van der Waals surface area contributed by atoms with Crippen molar-refractivity contribution in [1.29, 1.82) is 0 Å². The lowest BCUT2D eigenvalue weighted by Crippen LogP contribution is -2.26. The van der Waals surface area contributed by atoms with E-state index in [0.29, 0.717) is 6.42 Å². The Bertz CT molecular complexity index is 280. The SMILES string of the molecule is CCC(C(N)=O)n1ccnc1C. The molecule has 0 spiro atoms. The average Bonchev–Trinajstić information content (AvgIpc) is 2.38. The molecule has 66 valence electrons. The number of amides is 1. The molecule has 0 saturated carbocycles. The maximum absolute atomic E-state index is 11.0. The molecule has 4 heteroatoms. The highest BCUT2D eigenvalue weighted by molar-refractivity contribution is 5.78. The summed E-state index contributed by atoms with van der Waals surface area (Å²) in [5, 5.41) is 0. The molecular formula is C8H13N3O. The molecule has 4 nitrogen and oxygen atoms in total. The van der Waals surface area contributed by atoms with Gasteiger partial charge in [-0.1, -0.05) is 6.92 Å². The van der Waals surface area contributed by atoms with E-state index in [2.05, 4.69) is 4.98 Å². The Balaban J connectivity index is 2.94. The third-order valence-corrected chi connectivity index (χ3v) is 1.91. The molecule has 12 heavy (non-hydrogen) atoms. The molecule has 1 atom stereocenters. The molecule has 0 bridgehead atoms. The molecule has 0 saturated heterocycles. The third-order valence-electron chi connectivity index (χ3n) is 1.91. The Morgan fingerprint density at radius 3 is 2.83 bits per heavy atom. The average molecular weight is 167 g/mol. The zero-order valence-electron chi connectivity index (χ0n) is 7.32. The molecule has 1 rings (SSSR count). The summed E-state index contributed by atoms with van der Waals surface area (Å²) in [6.07, 6.45) is 4.14. The molecule has 0 aliphatic carbocycles. The van der Waals surface area contributed by atoms with E-state index in [-0.39, 0.29) is 11.9 Å². The van der Waals surface area contributed by atoms with Crippen LogP contribution in [0.25, 0.3) is 0 Å². The molecule has 0 aromatic carbocycles. The number of primary amides is 1. The van der Waals surface area contributed by atoms with Crippen molar-refractivity contribution in [2.75, 3.05) is 0 Å². The fourth-order valence-corrected chi connectivity index (χ4v) is 1.25. The molecule has 1 amide bonds. The molecule has 1 unspecified atom stereocenters. The van der Waals surface area contributed by atoms with E-state index in [1.54, 1.807) is 17.0 Å². The minimum Gasteiger partial charge on any atom is -0.368 e. The van der Waals surface area contributed by atoms with Crippen molar-refractivity contribution < 1.29 is 4.79 Å². The Morgan fingerprint density at radius 2 is 2.50 bits per heavy atom. The van der Waals surface area contributed by atoms with Crippen molar-refractivity contribution >= 4 is 5.91 Å². The number of nitrogens with zero attached hydrogens (tertiary/aromatic N) is 2. The van der Waals surface area contributed by atoms with E-state index in [9.17, 15) is 4.79 Å². The first kappa shape index (κ1) is 8.77. The monoisotopic (exact) mass is 167 g/mol. The summed E-state index contributed by atoms with van der Waals surface area (Å²) < 4.78 is 1.79.